The minimum atomic E-state index is 0.0922. The first-order valence-electron chi connectivity index (χ1n) is 5.59. The first kappa shape index (κ1) is 16.3. The standard InChI is InChI=1S/C8H18O3.C3H8/c1-2-3-5-10-7-8-11-6-4-9;1-3-2/h9H,2-8H2,1H3;3H2,1-2H3. The Morgan fingerprint density at radius 1 is 0.857 bits per heavy atom. The van der Waals surface area contributed by atoms with Gasteiger partial charge < -0.3 is 14.6 Å². The molecule has 0 unspecified atom stereocenters. The number of aliphatic hydroxyl groups is 1. The maximum atomic E-state index is 8.34. The molecule has 0 heterocycles. The van der Waals surface area contributed by atoms with Crippen LogP contribution in [0.4, 0.5) is 0 Å². The fourth-order valence-electron chi connectivity index (χ4n) is 0.633. The Morgan fingerprint density at radius 2 is 1.36 bits per heavy atom. The first-order valence-corrected chi connectivity index (χ1v) is 5.59. The van der Waals surface area contributed by atoms with Crippen molar-refractivity contribution in [3.05, 3.63) is 0 Å². The number of ether oxygens (including phenoxy) is 2. The Morgan fingerprint density at radius 3 is 1.79 bits per heavy atom. The quantitative estimate of drug-likeness (QED) is 0.619. The average Bonchev–Trinajstić information content (AvgIpc) is 2.18. The fraction of sp³-hybridized carbons (Fsp3) is 1.00. The van der Waals surface area contributed by atoms with Gasteiger partial charge in [0.1, 0.15) is 0 Å². The smallest absolute Gasteiger partial charge is 0.0701 e. The van der Waals surface area contributed by atoms with Gasteiger partial charge in [0.15, 0.2) is 0 Å². The second-order valence-electron chi connectivity index (χ2n) is 3.01. The van der Waals surface area contributed by atoms with Crippen LogP contribution in [0.3, 0.4) is 0 Å². The highest BCUT2D eigenvalue weighted by atomic mass is 16.5. The summed E-state index contributed by atoms with van der Waals surface area (Å²) >= 11 is 0. The van der Waals surface area contributed by atoms with Gasteiger partial charge in [-0.3, -0.25) is 0 Å². The van der Waals surface area contributed by atoms with Crippen molar-refractivity contribution < 1.29 is 14.6 Å². The van der Waals surface area contributed by atoms with Crippen LogP contribution in [0.25, 0.3) is 0 Å². The third-order valence-corrected chi connectivity index (χ3v) is 1.25. The van der Waals surface area contributed by atoms with E-state index in [0.717, 1.165) is 19.4 Å². The Bertz CT molecular complexity index is 68.9. The van der Waals surface area contributed by atoms with Crippen LogP contribution in [0.15, 0.2) is 0 Å². The Kier molecular flexibility index (Phi) is 21.7. The topological polar surface area (TPSA) is 38.7 Å². The molecule has 88 valence electrons. The molecule has 0 atom stereocenters. The summed E-state index contributed by atoms with van der Waals surface area (Å²) in [6, 6.07) is 0. The number of unbranched alkanes of at least 4 members (excludes halogenated alkanes) is 1. The van der Waals surface area contributed by atoms with Gasteiger partial charge in [-0.1, -0.05) is 33.6 Å². The minimum Gasteiger partial charge on any atom is -0.394 e. The van der Waals surface area contributed by atoms with Crippen LogP contribution < -0.4 is 0 Å². The number of hydrogen-bond acceptors (Lipinski definition) is 3. The lowest BCUT2D eigenvalue weighted by Gasteiger charge is -2.02. The van der Waals surface area contributed by atoms with Gasteiger partial charge in [0.05, 0.1) is 26.4 Å². The molecule has 3 nitrogen and oxygen atoms in total. The van der Waals surface area contributed by atoms with E-state index in [-0.39, 0.29) is 6.61 Å². The summed E-state index contributed by atoms with van der Waals surface area (Å²) in [5, 5.41) is 8.34. The number of hydrogen-bond donors (Lipinski definition) is 1. The van der Waals surface area contributed by atoms with Gasteiger partial charge in [0.25, 0.3) is 0 Å². The summed E-state index contributed by atoms with van der Waals surface area (Å²) in [6.07, 6.45) is 3.53. The van der Waals surface area contributed by atoms with E-state index in [0.29, 0.717) is 19.8 Å². The largest absolute Gasteiger partial charge is 0.394 e. The zero-order chi connectivity index (χ0) is 11.1. The molecular weight excluding hydrogens is 180 g/mol. The molecule has 0 saturated heterocycles. The van der Waals surface area contributed by atoms with Crippen LogP contribution in [0, 0.1) is 0 Å². The SMILES string of the molecule is CCC.CCCCOCCOCCO. The van der Waals surface area contributed by atoms with Crippen LogP contribution in [0.5, 0.6) is 0 Å². The zero-order valence-electron chi connectivity index (χ0n) is 9.92. The summed E-state index contributed by atoms with van der Waals surface area (Å²) in [5.41, 5.74) is 0. The summed E-state index contributed by atoms with van der Waals surface area (Å²) in [4.78, 5) is 0. The lowest BCUT2D eigenvalue weighted by Crippen LogP contribution is -2.07. The van der Waals surface area contributed by atoms with Gasteiger partial charge in [-0.15, -0.1) is 0 Å². The molecule has 0 fully saturated rings. The Balaban J connectivity index is 0. The van der Waals surface area contributed by atoms with E-state index in [1.165, 1.54) is 6.42 Å². The third-order valence-electron chi connectivity index (χ3n) is 1.25. The van der Waals surface area contributed by atoms with E-state index in [4.69, 9.17) is 14.6 Å². The van der Waals surface area contributed by atoms with Crippen molar-refractivity contribution in [3.63, 3.8) is 0 Å². The van der Waals surface area contributed by atoms with Crippen molar-refractivity contribution in [2.75, 3.05) is 33.0 Å². The van der Waals surface area contributed by atoms with Crippen LogP contribution in [-0.2, 0) is 9.47 Å². The van der Waals surface area contributed by atoms with Crippen molar-refractivity contribution in [1.29, 1.82) is 0 Å². The Hall–Kier alpha value is -0.120. The average molecular weight is 206 g/mol. The molecular formula is C11H26O3. The molecule has 0 aliphatic heterocycles. The van der Waals surface area contributed by atoms with Gasteiger partial charge in [-0.2, -0.15) is 0 Å². The van der Waals surface area contributed by atoms with E-state index in [1.54, 1.807) is 0 Å². The van der Waals surface area contributed by atoms with E-state index >= 15 is 0 Å². The van der Waals surface area contributed by atoms with Gasteiger partial charge >= 0.3 is 0 Å². The number of aliphatic hydroxyl groups excluding tert-OH is 1. The summed E-state index contributed by atoms with van der Waals surface area (Å²) in [7, 11) is 0. The maximum Gasteiger partial charge on any atom is 0.0701 e. The van der Waals surface area contributed by atoms with Crippen molar-refractivity contribution in [2.45, 2.75) is 40.0 Å². The van der Waals surface area contributed by atoms with E-state index in [1.807, 2.05) is 0 Å². The molecule has 0 rings (SSSR count). The fourth-order valence-corrected chi connectivity index (χ4v) is 0.633. The predicted molar refractivity (Wildman–Crippen MR) is 59.6 cm³/mol. The van der Waals surface area contributed by atoms with Crippen LogP contribution in [-0.4, -0.2) is 38.1 Å². The molecule has 0 radical (unpaired) electrons. The van der Waals surface area contributed by atoms with Gasteiger partial charge in [-0.05, 0) is 6.42 Å². The number of rotatable bonds is 8. The molecule has 0 aliphatic carbocycles. The predicted octanol–water partition coefficient (Wildman–Crippen LogP) is 2.23. The molecule has 1 N–H and O–H groups in total. The van der Waals surface area contributed by atoms with Crippen LogP contribution in [0.1, 0.15) is 40.0 Å². The van der Waals surface area contributed by atoms with Crippen molar-refractivity contribution in [1.82, 2.24) is 0 Å². The Labute approximate surface area is 88.4 Å². The molecule has 14 heavy (non-hydrogen) atoms. The highest BCUT2D eigenvalue weighted by molar-refractivity contribution is 4.33. The highest BCUT2D eigenvalue weighted by Gasteiger charge is 1.87. The minimum absolute atomic E-state index is 0.0922. The van der Waals surface area contributed by atoms with Crippen LogP contribution in [0.2, 0.25) is 0 Å². The van der Waals surface area contributed by atoms with Gasteiger partial charge in [-0.25, -0.2) is 0 Å². The maximum absolute atomic E-state index is 8.34. The molecule has 0 aromatic rings. The zero-order valence-corrected chi connectivity index (χ0v) is 9.92. The highest BCUT2D eigenvalue weighted by Crippen LogP contribution is 1.87. The molecule has 0 aromatic carbocycles. The molecule has 0 aromatic heterocycles. The summed E-state index contributed by atoms with van der Waals surface area (Å²) < 4.78 is 10.2. The summed E-state index contributed by atoms with van der Waals surface area (Å²) in [5.74, 6) is 0. The first-order chi connectivity index (χ1) is 6.83. The molecule has 3 heteroatoms. The normalized spacial score (nSPS) is 9.43. The van der Waals surface area contributed by atoms with E-state index < -0.39 is 0 Å². The third kappa shape index (κ3) is 22.6. The molecule has 0 spiro atoms. The molecule has 0 bridgehead atoms. The lowest BCUT2D eigenvalue weighted by molar-refractivity contribution is 0.0324. The van der Waals surface area contributed by atoms with E-state index in [2.05, 4.69) is 20.8 Å². The van der Waals surface area contributed by atoms with Gasteiger partial charge in [0.2, 0.25) is 0 Å². The van der Waals surface area contributed by atoms with Gasteiger partial charge in [0, 0.05) is 6.61 Å². The molecule has 0 saturated carbocycles. The molecule has 0 aliphatic rings. The second-order valence-corrected chi connectivity index (χ2v) is 3.01. The van der Waals surface area contributed by atoms with Crippen molar-refractivity contribution >= 4 is 0 Å². The monoisotopic (exact) mass is 206 g/mol. The van der Waals surface area contributed by atoms with Crippen molar-refractivity contribution in [2.24, 2.45) is 0 Å². The van der Waals surface area contributed by atoms with Crippen LogP contribution >= 0.6 is 0 Å². The van der Waals surface area contributed by atoms with Crippen molar-refractivity contribution in [3.8, 4) is 0 Å². The molecule has 0 amide bonds. The van der Waals surface area contributed by atoms with E-state index in [9.17, 15) is 0 Å². The lowest BCUT2D eigenvalue weighted by atomic mass is 10.4. The second kappa shape index (κ2) is 18.6. The summed E-state index contributed by atoms with van der Waals surface area (Å²) in [6.45, 7) is 8.93.